The van der Waals surface area contributed by atoms with Crippen molar-refractivity contribution in [3.63, 3.8) is 0 Å². The largest absolute Gasteiger partial charge is 0.480 e. The van der Waals surface area contributed by atoms with Crippen LogP contribution in [0.25, 0.3) is 22.2 Å². The summed E-state index contributed by atoms with van der Waals surface area (Å²) in [5.74, 6) is -2.08. The van der Waals surface area contributed by atoms with Crippen molar-refractivity contribution >= 4 is 33.0 Å². The van der Waals surface area contributed by atoms with Crippen molar-refractivity contribution in [2.24, 2.45) is 0 Å². The number of nitrogens with zero attached hydrogens (tertiary/aromatic N) is 2. The van der Waals surface area contributed by atoms with Gasteiger partial charge in [0.1, 0.15) is 18.0 Å². The van der Waals surface area contributed by atoms with Gasteiger partial charge >= 0.3 is 12.1 Å². The molecule has 3 rings (SSSR count). The van der Waals surface area contributed by atoms with Crippen LogP contribution < -0.4 is 0 Å². The summed E-state index contributed by atoms with van der Waals surface area (Å²) in [5, 5.41) is 9.58. The van der Waals surface area contributed by atoms with Crippen LogP contribution in [0.3, 0.4) is 0 Å². The van der Waals surface area contributed by atoms with E-state index in [-0.39, 0.29) is 16.2 Å². The molecular formula is C23H25FN2O6S. The first-order chi connectivity index (χ1) is 15.2. The fraction of sp³-hybridized carbons (Fsp3) is 0.304. The number of likely N-dealkylation sites (N-methyl/N-ethyl adjacent to an activating group) is 1. The van der Waals surface area contributed by atoms with Gasteiger partial charge in [-0.05, 0) is 63.6 Å². The Bertz CT molecular complexity index is 1360. The highest BCUT2D eigenvalue weighted by atomic mass is 32.2. The topological polar surface area (TPSA) is 106 Å². The Morgan fingerprint density at radius 3 is 2.39 bits per heavy atom. The summed E-state index contributed by atoms with van der Waals surface area (Å²) in [6, 6.07) is 10.1. The molecule has 0 aliphatic heterocycles. The minimum absolute atomic E-state index is 0.111. The Morgan fingerprint density at radius 1 is 1.12 bits per heavy atom. The van der Waals surface area contributed by atoms with Crippen LogP contribution in [0, 0.1) is 12.7 Å². The quantitative estimate of drug-likeness (QED) is 0.590. The van der Waals surface area contributed by atoms with Crippen molar-refractivity contribution < 1.29 is 32.2 Å². The number of sulfonamides is 1. The predicted molar refractivity (Wildman–Crippen MR) is 121 cm³/mol. The SMILES string of the molecule is Cc1ccc2cc(-c3cc(S(=O)(=O)N(C)CC(=O)O)ccc3F)n(C(=O)OC(C)(C)C)c2c1. The van der Waals surface area contributed by atoms with Gasteiger partial charge in [0, 0.05) is 18.0 Å². The van der Waals surface area contributed by atoms with Gasteiger partial charge in [0.05, 0.1) is 16.1 Å². The van der Waals surface area contributed by atoms with Crippen LogP contribution >= 0.6 is 0 Å². The molecule has 10 heteroatoms. The fourth-order valence-electron chi connectivity index (χ4n) is 3.33. The molecule has 2 aromatic carbocycles. The molecule has 0 amide bonds. The van der Waals surface area contributed by atoms with Crippen molar-refractivity contribution in [1.29, 1.82) is 0 Å². The number of fused-ring (bicyclic) bond motifs is 1. The van der Waals surface area contributed by atoms with Crippen molar-refractivity contribution in [1.82, 2.24) is 8.87 Å². The molecule has 0 fully saturated rings. The number of aliphatic carboxylic acids is 1. The number of benzene rings is 2. The van der Waals surface area contributed by atoms with Gasteiger partial charge in [-0.15, -0.1) is 0 Å². The van der Waals surface area contributed by atoms with E-state index in [2.05, 4.69) is 0 Å². The maximum atomic E-state index is 15.0. The Hall–Kier alpha value is -3.24. The predicted octanol–water partition coefficient (Wildman–Crippen LogP) is 4.24. The number of carboxylic acids is 1. The molecule has 1 aromatic heterocycles. The molecule has 0 atom stereocenters. The van der Waals surface area contributed by atoms with E-state index in [0.29, 0.717) is 15.2 Å². The van der Waals surface area contributed by atoms with Crippen LogP contribution in [0.4, 0.5) is 9.18 Å². The van der Waals surface area contributed by atoms with E-state index in [9.17, 15) is 22.4 Å². The molecule has 0 radical (unpaired) electrons. The molecule has 0 spiro atoms. The zero-order valence-corrected chi connectivity index (χ0v) is 19.7. The number of carbonyl (C=O) groups is 2. The molecule has 0 saturated heterocycles. The first kappa shape index (κ1) is 24.4. The summed E-state index contributed by atoms with van der Waals surface area (Å²) in [6.45, 7) is 6.19. The van der Waals surface area contributed by atoms with Crippen molar-refractivity contribution in [3.05, 3.63) is 53.8 Å². The van der Waals surface area contributed by atoms with Crippen LogP contribution in [0.15, 0.2) is 47.4 Å². The van der Waals surface area contributed by atoms with E-state index >= 15 is 0 Å². The Morgan fingerprint density at radius 2 is 1.79 bits per heavy atom. The zero-order chi connectivity index (χ0) is 24.7. The Kier molecular flexibility index (Phi) is 6.36. The maximum Gasteiger partial charge on any atom is 0.419 e. The first-order valence-corrected chi connectivity index (χ1v) is 11.5. The average molecular weight is 477 g/mol. The summed E-state index contributed by atoms with van der Waals surface area (Å²) >= 11 is 0. The number of carboxylic acid groups (broad SMARTS) is 1. The van der Waals surface area contributed by atoms with Gasteiger partial charge in [0.2, 0.25) is 10.0 Å². The van der Waals surface area contributed by atoms with Crippen molar-refractivity contribution in [3.8, 4) is 11.3 Å². The van der Waals surface area contributed by atoms with Crippen LogP contribution in [-0.2, 0) is 19.6 Å². The van der Waals surface area contributed by atoms with Gasteiger partial charge in [-0.3, -0.25) is 4.79 Å². The number of aryl methyl sites for hydroxylation is 1. The van der Waals surface area contributed by atoms with Gasteiger partial charge in [-0.25, -0.2) is 22.2 Å². The number of hydrogen-bond donors (Lipinski definition) is 1. The van der Waals surface area contributed by atoms with E-state index in [4.69, 9.17) is 9.84 Å². The summed E-state index contributed by atoms with van der Waals surface area (Å²) in [4.78, 5) is 23.8. The van der Waals surface area contributed by atoms with Gasteiger partial charge < -0.3 is 9.84 Å². The van der Waals surface area contributed by atoms with E-state index in [1.54, 1.807) is 39.0 Å². The molecule has 0 unspecified atom stereocenters. The highest BCUT2D eigenvalue weighted by Gasteiger charge is 2.27. The van der Waals surface area contributed by atoms with Gasteiger partial charge in [-0.2, -0.15) is 4.31 Å². The highest BCUT2D eigenvalue weighted by molar-refractivity contribution is 7.89. The number of aromatic nitrogens is 1. The van der Waals surface area contributed by atoms with Crippen molar-refractivity contribution in [2.45, 2.75) is 38.2 Å². The first-order valence-electron chi connectivity index (χ1n) is 10.0. The third kappa shape index (κ3) is 5.07. The second kappa shape index (κ2) is 8.60. The number of hydrogen-bond acceptors (Lipinski definition) is 5. The zero-order valence-electron chi connectivity index (χ0n) is 18.9. The lowest BCUT2D eigenvalue weighted by molar-refractivity contribution is -0.137. The second-order valence-electron chi connectivity index (χ2n) is 8.70. The Labute approximate surface area is 191 Å². The standard InChI is InChI=1S/C23H25FN2O6S/c1-14-6-7-15-11-20(26(19(15)10-14)22(29)32-23(2,3)4)17-12-16(8-9-18(17)24)33(30,31)25(5)13-21(27)28/h6-12H,13H2,1-5H3,(H,27,28). The molecule has 3 aromatic rings. The summed E-state index contributed by atoms with van der Waals surface area (Å²) in [7, 11) is -3.10. The molecule has 0 saturated carbocycles. The van der Waals surface area contributed by atoms with E-state index < -0.39 is 40.0 Å². The highest BCUT2D eigenvalue weighted by Crippen LogP contribution is 2.33. The van der Waals surface area contributed by atoms with E-state index in [0.717, 1.165) is 30.8 Å². The molecule has 8 nitrogen and oxygen atoms in total. The number of rotatable bonds is 5. The molecule has 176 valence electrons. The smallest absolute Gasteiger partial charge is 0.419 e. The van der Waals surface area contributed by atoms with E-state index in [1.807, 2.05) is 13.0 Å². The average Bonchev–Trinajstić information content (AvgIpc) is 3.04. The second-order valence-corrected chi connectivity index (χ2v) is 10.7. The van der Waals surface area contributed by atoms with Gasteiger partial charge in [0.25, 0.3) is 0 Å². The lowest BCUT2D eigenvalue weighted by Gasteiger charge is -2.21. The van der Waals surface area contributed by atoms with Crippen LogP contribution in [0.2, 0.25) is 0 Å². The van der Waals surface area contributed by atoms with E-state index in [1.165, 1.54) is 4.57 Å². The molecule has 1 heterocycles. The molecule has 1 N–H and O–H groups in total. The number of carbonyl (C=O) groups excluding carboxylic acids is 1. The third-order valence-electron chi connectivity index (χ3n) is 4.82. The molecule has 33 heavy (non-hydrogen) atoms. The van der Waals surface area contributed by atoms with Gasteiger partial charge in [-0.1, -0.05) is 12.1 Å². The molecule has 0 aliphatic rings. The minimum atomic E-state index is -4.22. The molecule has 0 bridgehead atoms. The monoisotopic (exact) mass is 476 g/mol. The van der Waals surface area contributed by atoms with Crippen LogP contribution in [0.1, 0.15) is 26.3 Å². The number of ether oxygens (including phenoxy) is 1. The van der Waals surface area contributed by atoms with Crippen LogP contribution in [-0.4, -0.2) is 53.7 Å². The lowest BCUT2D eigenvalue weighted by atomic mass is 10.1. The molecular weight excluding hydrogens is 451 g/mol. The summed E-state index contributed by atoms with van der Waals surface area (Å²) in [5.41, 5.74) is 0.497. The maximum absolute atomic E-state index is 15.0. The lowest BCUT2D eigenvalue weighted by Crippen LogP contribution is -2.32. The Balaban J connectivity index is 2.25. The summed E-state index contributed by atoms with van der Waals surface area (Å²) < 4.78 is 48.0. The van der Waals surface area contributed by atoms with Gasteiger partial charge in [0.15, 0.2) is 0 Å². The fourth-order valence-corrected chi connectivity index (χ4v) is 4.48. The molecule has 0 aliphatic carbocycles. The minimum Gasteiger partial charge on any atom is -0.480 e. The van der Waals surface area contributed by atoms with Crippen LogP contribution in [0.5, 0.6) is 0 Å². The van der Waals surface area contributed by atoms with Crippen molar-refractivity contribution in [2.75, 3.05) is 13.6 Å². The third-order valence-corrected chi connectivity index (χ3v) is 6.62. The normalized spacial score (nSPS) is 12.3. The summed E-state index contributed by atoms with van der Waals surface area (Å²) in [6.07, 6.45) is -0.742. The number of halogens is 1.